The Kier molecular flexibility index (Phi) is 6.31. The monoisotopic (exact) mass is 386 g/mol. The third-order valence-corrected chi connectivity index (χ3v) is 4.90. The second-order valence-electron chi connectivity index (χ2n) is 6.14. The number of thioether (sulfide) groups is 1. The maximum atomic E-state index is 10.2. The van der Waals surface area contributed by atoms with Crippen LogP contribution < -0.4 is 9.47 Å². The summed E-state index contributed by atoms with van der Waals surface area (Å²) in [4.78, 5) is 0. The summed E-state index contributed by atoms with van der Waals surface area (Å²) in [6.07, 6.45) is -0.653. The average molecular weight is 386 g/mol. The number of ether oxygens (including phenoxy) is 2. The number of aliphatic hydroxyl groups excluding tert-OH is 1. The number of hydrogen-bond donors (Lipinski definition) is 1. The minimum atomic E-state index is -0.653. The normalized spacial score (nSPS) is 12.0. The lowest BCUT2D eigenvalue weighted by atomic mass is 10.2. The fraction of sp³-hybridized carbons (Fsp3) is 0.316. The highest BCUT2D eigenvalue weighted by molar-refractivity contribution is 7.99. The standard InChI is InChI=1S/C19H22N4O3S/c1-13-5-4-6-16(9-13)26-11-15(24)12-27-19-20-21-22-23(19)17-10-14(2)7-8-18(17)25-3/h4-10,15,24H,11-12H2,1-3H3/t15-/m1/s1. The molecule has 8 heteroatoms. The smallest absolute Gasteiger partial charge is 0.214 e. The van der Waals surface area contributed by atoms with E-state index in [1.54, 1.807) is 11.8 Å². The molecule has 0 radical (unpaired) electrons. The highest BCUT2D eigenvalue weighted by atomic mass is 32.2. The van der Waals surface area contributed by atoms with Gasteiger partial charge in [0.05, 0.1) is 13.2 Å². The summed E-state index contributed by atoms with van der Waals surface area (Å²) in [7, 11) is 1.61. The minimum Gasteiger partial charge on any atom is -0.494 e. The van der Waals surface area contributed by atoms with E-state index in [0.717, 1.165) is 22.6 Å². The van der Waals surface area contributed by atoms with Crippen molar-refractivity contribution in [3.05, 3.63) is 53.6 Å². The first-order chi connectivity index (χ1) is 13.1. The molecule has 7 nitrogen and oxygen atoms in total. The minimum absolute atomic E-state index is 0.200. The van der Waals surface area contributed by atoms with Gasteiger partial charge in [-0.25, -0.2) is 0 Å². The molecule has 0 unspecified atom stereocenters. The lowest BCUT2D eigenvalue weighted by molar-refractivity contribution is 0.126. The molecule has 142 valence electrons. The van der Waals surface area contributed by atoms with Crippen molar-refractivity contribution < 1.29 is 14.6 Å². The Bertz CT molecular complexity index is 900. The Morgan fingerprint density at radius 3 is 2.74 bits per heavy atom. The maximum absolute atomic E-state index is 10.2. The van der Waals surface area contributed by atoms with Crippen LogP contribution in [-0.4, -0.2) is 50.9 Å². The van der Waals surface area contributed by atoms with Gasteiger partial charge < -0.3 is 14.6 Å². The summed E-state index contributed by atoms with van der Waals surface area (Å²) >= 11 is 1.36. The van der Waals surface area contributed by atoms with Crippen molar-refractivity contribution in [3.63, 3.8) is 0 Å². The van der Waals surface area contributed by atoms with Gasteiger partial charge in [-0.15, -0.1) is 5.10 Å². The Labute approximate surface area is 162 Å². The molecule has 3 aromatic rings. The van der Waals surface area contributed by atoms with Crippen molar-refractivity contribution in [1.29, 1.82) is 0 Å². The van der Waals surface area contributed by atoms with Crippen LogP contribution in [0, 0.1) is 13.8 Å². The molecule has 1 N–H and O–H groups in total. The van der Waals surface area contributed by atoms with Crippen LogP contribution in [0.5, 0.6) is 11.5 Å². The number of tetrazole rings is 1. The molecule has 27 heavy (non-hydrogen) atoms. The first kappa shape index (κ1) is 19.2. The third-order valence-electron chi connectivity index (χ3n) is 3.84. The summed E-state index contributed by atoms with van der Waals surface area (Å²) < 4.78 is 12.7. The van der Waals surface area contributed by atoms with Gasteiger partial charge in [0.2, 0.25) is 5.16 Å². The van der Waals surface area contributed by atoms with Crippen molar-refractivity contribution >= 4 is 11.8 Å². The van der Waals surface area contributed by atoms with E-state index >= 15 is 0 Å². The number of benzene rings is 2. The zero-order chi connectivity index (χ0) is 19.2. The van der Waals surface area contributed by atoms with E-state index < -0.39 is 6.10 Å². The zero-order valence-electron chi connectivity index (χ0n) is 15.5. The highest BCUT2D eigenvalue weighted by Crippen LogP contribution is 2.27. The van der Waals surface area contributed by atoms with Crippen LogP contribution in [0.3, 0.4) is 0 Å². The lowest BCUT2D eigenvalue weighted by Gasteiger charge is -2.13. The molecule has 0 saturated carbocycles. The largest absolute Gasteiger partial charge is 0.494 e. The van der Waals surface area contributed by atoms with E-state index in [1.807, 2.05) is 56.3 Å². The van der Waals surface area contributed by atoms with Crippen molar-refractivity contribution in [3.8, 4) is 17.2 Å². The number of rotatable bonds is 8. The van der Waals surface area contributed by atoms with E-state index in [2.05, 4.69) is 15.5 Å². The van der Waals surface area contributed by atoms with Gasteiger partial charge in [0.15, 0.2) is 0 Å². The van der Waals surface area contributed by atoms with Gasteiger partial charge in [0, 0.05) is 5.75 Å². The van der Waals surface area contributed by atoms with Crippen LogP contribution in [0.4, 0.5) is 0 Å². The van der Waals surface area contributed by atoms with Gasteiger partial charge in [0.25, 0.3) is 0 Å². The molecule has 1 heterocycles. The number of hydrogen-bond acceptors (Lipinski definition) is 7. The van der Waals surface area contributed by atoms with Crippen molar-refractivity contribution in [2.75, 3.05) is 19.5 Å². The molecule has 2 aromatic carbocycles. The topological polar surface area (TPSA) is 82.3 Å². The molecule has 1 aromatic heterocycles. The second kappa shape index (κ2) is 8.88. The summed E-state index contributed by atoms with van der Waals surface area (Å²) in [6.45, 7) is 4.19. The molecule has 0 aliphatic rings. The molecule has 1 atom stereocenters. The predicted molar refractivity (Wildman–Crippen MR) is 104 cm³/mol. The molecular weight excluding hydrogens is 364 g/mol. The second-order valence-corrected chi connectivity index (χ2v) is 7.13. The first-order valence-electron chi connectivity index (χ1n) is 8.50. The predicted octanol–water partition coefficient (Wildman–Crippen LogP) is 2.82. The van der Waals surface area contributed by atoms with Crippen LogP contribution >= 0.6 is 11.8 Å². The molecule has 0 aliphatic heterocycles. The fourth-order valence-corrected chi connectivity index (χ4v) is 3.29. The van der Waals surface area contributed by atoms with E-state index in [0.29, 0.717) is 16.7 Å². The van der Waals surface area contributed by atoms with Crippen LogP contribution in [-0.2, 0) is 0 Å². The number of aromatic nitrogens is 4. The van der Waals surface area contributed by atoms with Gasteiger partial charge in [-0.2, -0.15) is 4.68 Å². The Morgan fingerprint density at radius 2 is 1.96 bits per heavy atom. The number of aliphatic hydroxyl groups is 1. The number of aryl methyl sites for hydroxylation is 2. The SMILES string of the molecule is COc1ccc(C)cc1-n1nnnc1SC[C@H](O)COc1cccc(C)c1. The Hall–Kier alpha value is -2.58. The summed E-state index contributed by atoms with van der Waals surface area (Å²) in [5.74, 6) is 1.83. The van der Waals surface area contributed by atoms with Crippen LogP contribution in [0.1, 0.15) is 11.1 Å². The van der Waals surface area contributed by atoms with E-state index in [1.165, 1.54) is 11.8 Å². The van der Waals surface area contributed by atoms with Gasteiger partial charge in [-0.1, -0.05) is 30.0 Å². The van der Waals surface area contributed by atoms with E-state index in [4.69, 9.17) is 9.47 Å². The van der Waals surface area contributed by atoms with Crippen LogP contribution in [0.2, 0.25) is 0 Å². The first-order valence-corrected chi connectivity index (χ1v) is 9.49. The highest BCUT2D eigenvalue weighted by Gasteiger charge is 2.16. The molecular formula is C19H22N4O3S. The molecule has 0 spiro atoms. The van der Waals surface area contributed by atoms with Crippen LogP contribution in [0.25, 0.3) is 5.69 Å². The molecule has 0 amide bonds. The molecule has 0 fully saturated rings. The summed E-state index contributed by atoms with van der Waals surface area (Å²) in [6, 6.07) is 13.5. The van der Waals surface area contributed by atoms with Gasteiger partial charge >= 0.3 is 0 Å². The quantitative estimate of drug-likeness (QED) is 0.596. The molecule has 0 saturated heterocycles. The lowest BCUT2D eigenvalue weighted by Crippen LogP contribution is -2.20. The van der Waals surface area contributed by atoms with Gasteiger partial charge in [-0.3, -0.25) is 0 Å². The van der Waals surface area contributed by atoms with Crippen molar-refractivity contribution in [1.82, 2.24) is 20.2 Å². The number of methoxy groups -OCH3 is 1. The van der Waals surface area contributed by atoms with E-state index in [-0.39, 0.29) is 6.61 Å². The van der Waals surface area contributed by atoms with Crippen LogP contribution in [0.15, 0.2) is 47.6 Å². The number of nitrogens with zero attached hydrogens (tertiary/aromatic N) is 4. The zero-order valence-corrected chi connectivity index (χ0v) is 16.3. The van der Waals surface area contributed by atoms with Gasteiger partial charge in [-0.05, 0) is 59.7 Å². The summed E-state index contributed by atoms with van der Waals surface area (Å²) in [5.41, 5.74) is 2.95. The van der Waals surface area contributed by atoms with Gasteiger partial charge in [0.1, 0.15) is 23.8 Å². The summed E-state index contributed by atoms with van der Waals surface area (Å²) in [5, 5.41) is 22.7. The molecule has 3 rings (SSSR count). The van der Waals surface area contributed by atoms with E-state index in [9.17, 15) is 5.11 Å². The average Bonchev–Trinajstić information content (AvgIpc) is 3.13. The Morgan fingerprint density at radius 1 is 1.15 bits per heavy atom. The molecule has 0 aliphatic carbocycles. The maximum Gasteiger partial charge on any atom is 0.214 e. The molecule has 0 bridgehead atoms. The fourth-order valence-electron chi connectivity index (χ4n) is 2.50. The van der Waals surface area contributed by atoms with Crippen molar-refractivity contribution in [2.24, 2.45) is 0 Å². The third kappa shape index (κ3) is 4.99. The van der Waals surface area contributed by atoms with Crippen molar-refractivity contribution in [2.45, 2.75) is 25.1 Å². The Balaban J connectivity index is 1.63.